The zero-order valence-corrected chi connectivity index (χ0v) is 17.4. The van der Waals surface area contributed by atoms with E-state index in [1.165, 1.54) is 5.56 Å². The number of rotatable bonds is 7. The Hall–Kier alpha value is -2.57. The number of carbonyl (C=O) groups is 1. The lowest BCUT2D eigenvalue weighted by Gasteiger charge is -2.25. The summed E-state index contributed by atoms with van der Waals surface area (Å²) in [5.74, 6) is 0.0742. The van der Waals surface area contributed by atoms with Gasteiger partial charge in [0.25, 0.3) is 0 Å². The molecule has 1 aliphatic rings. The number of amides is 1. The number of ether oxygens (including phenoxy) is 1. The molecule has 2 aromatic heterocycles. The molecule has 0 saturated carbocycles. The van der Waals surface area contributed by atoms with Gasteiger partial charge in [-0.05, 0) is 31.4 Å². The van der Waals surface area contributed by atoms with Crippen LogP contribution in [0, 0.1) is 6.92 Å². The number of hydrogen-bond donors (Lipinski definition) is 0. The maximum atomic E-state index is 13.1. The highest BCUT2D eigenvalue weighted by atomic mass is 32.1. The summed E-state index contributed by atoms with van der Waals surface area (Å²) in [7, 11) is 0. The third kappa shape index (κ3) is 5.28. The molecule has 6 heteroatoms. The minimum Gasteiger partial charge on any atom is -0.376 e. The molecule has 29 heavy (non-hydrogen) atoms. The van der Waals surface area contributed by atoms with E-state index in [1.54, 1.807) is 17.5 Å². The molecule has 3 aromatic rings. The van der Waals surface area contributed by atoms with E-state index >= 15 is 0 Å². The van der Waals surface area contributed by atoms with E-state index in [4.69, 9.17) is 9.72 Å². The summed E-state index contributed by atoms with van der Waals surface area (Å²) >= 11 is 1.58. The van der Waals surface area contributed by atoms with Gasteiger partial charge in [-0.3, -0.25) is 9.78 Å². The van der Waals surface area contributed by atoms with Crippen molar-refractivity contribution in [3.05, 3.63) is 71.0 Å². The molecule has 1 aliphatic heterocycles. The Morgan fingerprint density at radius 3 is 2.86 bits per heavy atom. The number of carbonyl (C=O) groups excluding carboxylic acids is 1. The Balaban J connectivity index is 1.46. The first kappa shape index (κ1) is 19.7. The second kappa shape index (κ2) is 9.29. The zero-order chi connectivity index (χ0) is 20.1. The van der Waals surface area contributed by atoms with Crippen molar-refractivity contribution in [3.63, 3.8) is 0 Å². The van der Waals surface area contributed by atoms with E-state index in [1.807, 2.05) is 28.6 Å². The number of hydrogen-bond acceptors (Lipinski definition) is 5. The fourth-order valence-corrected chi connectivity index (χ4v) is 4.31. The third-order valence-corrected chi connectivity index (χ3v) is 6.02. The van der Waals surface area contributed by atoms with Crippen LogP contribution in [-0.2, 0) is 22.5 Å². The molecular weight excluding hydrogens is 382 g/mol. The van der Waals surface area contributed by atoms with E-state index in [-0.39, 0.29) is 12.0 Å². The molecule has 0 aliphatic carbocycles. The number of thiazole rings is 1. The first-order valence-corrected chi connectivity index (χ1v) is 10.8. The van der Waals surface area contributed by atoms with Crippen LogP contribution in [0.5, 0.6) is 0 Å². The van der Waals surface area contributed by atoms with Gasteiger partial charge in [0.1, 0.15) is 5.01 Å². The monoisotopic (exact) mass is 407 g/mol. The van der Waals surface area contributed by atoms with Crippen molar-refractivity contribution >= 4 is 17.2 Å². The Kier molecular flexibility index (Phi) is 6.32. The predicted molar refractivity (Wildman–Crippen MR) is 115 cm³/mol. The molecule has 1 amide bonds. The molecule has 1 atom stereocenters. The Morgan fingerprint density at radius 2 is 2.14 bits per heavy atom. The lowest BCUT2D eigenvalue weighted by molar-refractivity contribution is -0.132. The normalized spacial score (nSPS) is 16.1. The van der Waals surface area contributed by atoms with Gasteiger partial charge in [0.05, 0.1) is 18.2 Å². The number of aryl methyl sites for hydroxylation is 1. The van der Waals surface area contributed by atoms with Crippen LogP contribution >= 0.6 is 11.3 Å². The molecule has 0 bridgehead atoms. The first-order chi connectivity index (χ1) is 14.2. The maximum absolute atomic E-state index is 13.1. The lowest BCUT2D eigenvalue weighted by Crippen LogP contribution is -2.37. The first-order valence-electron chi connectivity index (χ1n) is 9.97. The third-order valence-electron chi connectivity index (χ3n) is 5.08. The maximum Gasteiger partial charge on any atom is 0.229 e. The smallest absolute Gasteiger partial charge is 0.229 e. The van der Waals surface area contributed by atoms with Gasteiger partial charge in [0, 0.05) is 43.0 Å². The quantitative estimate of drug-likeness (QED) is 0.587. The van der Waals surface area contributed by atoms with Crippen molar-refractivity contribution < 1.29 is 9.53 Å². The number of benzene rings is 1. The predicted octanol–water partition coefficient (Wildman–Crippen LogP) is 4.26. The van der Waals surface area contributed by atoms with Gasteiger partial charge in [-0.1, -0.05) is 35.9 Å². The van der Waals surface area contributed by atoms with Crippen LogP contribution in [0.4, 0.5) is 0 Å². The molecule has 150 valence electrons. The molecule has 3 heterocycles. The van der Waals surface area contributed by atoms with E-state index < -0.39 is 0 Å². The largest absolute Gasteiger partial charge is 0.376 e. The van der Waals surface area contributed by atoms with E-state index in [2.05, 4.69) is 36.2 Å². The van der Waals surface area contributed by atoms with E-state index in [0.717, 1.165) is 41.3 Å². The van der Waals surface area contributed by atoms with Crippen molar-refractivity contribution in [3.8, 4) is 10.6 Å². The summed E-state index contributed by atoms with van der Waals surface area (Å²) in [5, 5.41) is 2.94. The summed E-state index contributed by atoms with van der Waals surface area (Å²) in [6, 6.07) is 12.2. The molecule has 1 fully saturated rings. The minimum absolute atomic E-state index is 0.0742. The fraction of sp³-hybridized carbons (Fsp3) is 0.348. The average Bonchev–Trinajstić information content (AvgIpc) is 3.41. The molecular formula is C23H25N3O2S. The van der Waals surface area contributed by atoms with Crippen LogP contribution in [0.15, 0.2) is 54.2 Å². The zero-order valence-electron chi connectivity index (χ0n) is 16.6. The highest BCUT2D eigenvalue weighted by Crippen LogP contribution is 2.25. The highest BCUT2D eigenvalue weighted by Gasteiger charge is 2.23. The molecule has 1 unspecified atom stereocenters. The number of aromatic nitrogens is 2. The van der Waals surface area contributed by atoms with Crippen LogP contribution in [0.1, 0.15) is 29.7 Å². The van der Waals surface area contributed by atoms with Crippen LogP contribution in [0.3, 0.4) is 0 Å². The van der Waals surface area contributed by atoms with Gasteiger partial charge in [-0.15, -0.1) is 11.3 Å². The Labute approximate surface area is 175 Å². The molecule has 0 radical (unpaired) electrons. The van der Waals surface area contributed by atoms with Gasteiger partial charge in [-0.25, -0.2) is 4.98 Å². The van der Waals surface area contributed by atoms with E-state index in [9.17, 15) is 4.79 Å². The fourth-order valence-electron chi connectivity index (χ4n) is 3.48. The second-order valence-electron chi connectivity index (χ2n) is 7.46. The van der Waals surface area contributed by atoms with Gasteiger partial charge in [0.15, 0.2) is 0 Å². The Morgan fingerprint density at radius 1 is 1.28 bits per heavy atom. The van der Waals surface area contributed by atoms with Crippen molar-refractivity contribution in [2.24, 2.45) is 0 Å². The highest BCUT2D eigenvalue weighted by molar-refractivity contribution is 7.13. The minimum atomic E-state index is 0.0742. The summed E-state index contributed by atoms with van der Waals surface area (Å²) in [6.07, 6.45) is 6.05. The lowest BCUT2D eigenvalue weighted by atomic mass is 10.1. The molecule has 0 spiro atoms. The number of nitrogens with zero attached hydrogens (tertiary/aromatic N) is 3. The van der Waals surface area contributed by atoms with Crippen molar-refractivity contribution in [2.75, 3.05) is 13.2 Å². The van der Waals surface area contributed by atoms with Crippen LogP contribution < -0.4 is 0 Å². The topological polar surface area (TPSA) is 55.3 Å². The Bertz CT molecular complexity index is 934. The summed E-state index contributed by atoms with van der Waals surface area (Å²) in [5.41, 5.74) is 4.16. The molecule has 0 N–H and O–H groups in total. The average molecular weight is 408 g/mol. The SMILES string of the molecule is Cc1ccc(-c2nc(CC(=O)N(Cc3cccnc3)CC3CCCO3)cs2)cc1. The van der Waals surface area contributed by atoms with Gasteiger partial charge < -0.3 is 9.64 Å². The molecule has 1 saturated heterocycles. The molecule has 4 rings (SSSR count). The van der Waals surface area contributed by atoms with Crippen molar-refractivity contribution in [2.45, 2.75) is 38.8 Å². The van der Waals surface area contributed by atoms with Crippen LogP contribution in [-0.4, -0.2) is 40.0 Å². The molecule has 1 aromatic carbocycles. The summed E-state index contributed by atoms with van der Waals surface area (Å²) in [4.78, 5) is 23.9. The van der Waals surface area contributed by atoms with Crippen LogP contribution in [0.2, 0.25) is 0 Å². The second-order valence-corrected chi connectivity index (χ2v) is 8.32. The summed E-state index contributed by atoms with van der Waals surface area (Å²) in [6.45, 7) is 4.01. The summed E-state index contributed by atoms with van der Waals surface area (Å²) < 4.78 is 5.77. The standard InChI is InChI=1S/C23H25N3O2S/c1-17-6-8-19(9-7-17)23-25-20(16-29-23)12-22(27)26(15-21-5-3-11-28-21)14-18-4-2-10-24-13-18/h2,4,6-10,13,16,21H,3,5,11-12,14-15H2,1H3. The van der Waals surface area contributed by atoms with Gasteiger partial charge in [0.2, 0.25) is 5.91 Å². The van der Waals surface area contributed by atoms with Crippen molar-refractivity contribution in [1.82, 2.24) is 14.9 Å². The van der Waals surface area contributed by atoms with Crippen molar-refractivity contribution in [1.29, 1.82) is 0 Å². The number of pyridine rings is 1. The van der Waals surface area contributed by atoms with E-state index in [0.29, 0.717) is 19.5 Å². The van der Waals surface area contributed by atoms with Gasteiger partial charge >= 0.3 is 0 Å². The van der Waals surface area contributed by atoms with Gasteiger partial charge in [-0.2, -0.15) is 0 Å². The van der Waals surface area contributed by atoms with Crippen LogP contribution in [0.25, 0.3) is 10.6 Å². The molecule has 5 nitrogen and oxygen atoms in total.